The highest BCUT2D eigenvalue weighted by Gasteiger charge is 2.46. The summed E-state index contributed by atoms with van der Waals surface area (Å²) in [5, 5.41) is 19.1. The molecule has 0 bridgehead atoms. The molecule has 0 aromatic rings. The molecule has 0 radical (unpaired) electrons. The van der Waals surface area contributed by atoms with Crippen molar-refractivity contribution < 1.29 is 15.0 Å². The van der Waals surface area contributed by atoms with Gasteiger partial charge in [-0.1, -0.05) is 48.5 Å². The first-order chi connectivity index (χ1) is 7.46. The fourth-order valence-electron chi connectivity index (χ4n) is 2.25. The maximum absolute atomic E-state index is 11.6. The van der Waals surface area contributed by atoms with Gasteiger partial charge in [0.2, 0.25) is 0 Å². The molecule has 0 amide bonds. The first-order valence-electron chi connectivity index (χ1n) is 6.29. The molecule has 0 saturated carbocycles. The van der Waals surface area contributed by atoms with Gasteiger partial charge in [0.15, 0.2) is 0 Å². The number of carboxylic acid groups (broad SMARTS) is 1. The Bertz CT molecular complexity index is 261. The Labute approximate surface area is 105 Å². The van der Waals surface area contributed by atoms with Gasteiger partial charge in [-0.25, -0.2) is 0 Å². The van der Waals surface area contributed by atoms with E-state index in [-0.39, 0.29) is 29.3 Å². The summed E-state index contributed by atoms with van der Waals surface area (Å²) in [4.78, 5) is 11.6. The van der Waals surface area contributed by atoms with Gasteiger partial charge >= 0.3 is 5.97 Å². The first-order valence-corrected chi connectivity index (χ1v) is 6.29. The molecule has 0 heterocycles. The van der Waals surface area contributed by atoms with Crippen LogP contribution in [0.4, 0.5) is 0 Å². The summed E-state index contributed by atoms with van der Waals surface area (Å²) < 4.78 is 0. The molecular formula is C14H28O3. The van der Waals surface area contributed by atoms with Crippen LogP contribution in [-0.2, 0) is 4.79 Å². The van der Waals surface area contributed by atoms with Crippen molar-refractivity contribution in [1.29, 1.82) is 0 Å². The molecule has 0 aromatic carbocycles. The van der Waals surface area contributed by atoms with E-state index in [0.29, 0.717) is 0 Å². The average Bonchev–Trinajstić information content (AvgIpc) is 2.10. The summed E-state index contributed by atoms with van der Waals surface area (Å²) in [6.07, 6.45) is 0. The normalized spacial score (nSPS) is 17.0. The van der Waals surface area contributed by atoms with Gasteiger partial charge in [-0.2, -0.15) is 0 Å². The topological polar surface area (TPSA) is 57.5 Å². The molecule has 0 fully saturated rings. The third kappa shape index (κ3) is 3.70. The zero-order valence-corrected chi connectivity index (χ0v) is 12.2. The second kappa shape index (κ2) is 5.38. The summed E-state index contributed by atoms with van der Waals surface area (Å²) in [6, 6.07) is 0. The molecule has 0 rings (SSSR count). The van der Waals surface area contributed by atoms with Crippen LogP contribution in [0.25, 0.3) is 0 Å². The van der Waals surface area contributed by atoms with E-state index in [1.807, 2.05) is 48.5 Å². The molecule has 0 aliphatic carbocycles. The highest BCUT2D eigenvalue weighted by molar-refractivity contribution is 5.71. The third-order valence-electron chi connectivity index (χ3n) is 4.27. The molecule has 102 valence electrons. The number of hydrogen-bond donors (Lipinski definition) is 2. The lowest BCUT2D eigenvalue weighted by Crippen LogP contribution is -2.46. The van der Waals surface area contributed by atoms with Crippen molar-refractivity contribution in [3.8, 4) is 0 Å². The molecule has 0 aliphatic heterocycles. The van der Waals surface area contributed by atoms with Gasteiger partial charge in [0.1, 0.15) is 0 Å². The lowest BCUT2D eigenvalue weighted by atomic mass is 9.60. The molecule has 17 heavy (non-hydrogen) atoms. The van der Waals surface area contributed by atoms with Crippen molar-refractivity contribution >= 4 is 5.97 Å². The fourth-order valence-corrected chi connectivity index (χ4v) is 2.25. The van der Waals surface area contributed by atoms with Crippen molar-refractivity contribution in [2.24, 2.45) is 28.6 Å². The highest BCUT2D eigenvalue weighted by Crippen LogP contribution is 2.45. The average molecular weight is 244 g/mol. The van der Waals surface area contributed by atoms with Crippen molar-refractivity contribution in [3.63, 3.8) is 0 Å². The number of aliphatic hydroxyl groups is 1. The molecule has 2 atom stereocenters. The fraction of sp³-hybridized carbons (Fsp3) is 0.929. The minimum atomic E-state index is -0.808. The standard InChI is InChI=1S/C14H28O3/c1-9(2)14(6,7)11(12(16)17)10(8-15)13(3,4)5/h9-11,15H,8H2,1-7H3,(H,16,17). The minimum absolute atomic E-state index is 0.0867. The second-order valence-corrected chi connectivity index (χ2v) is 6.95. The molecule has 0 spiro atoms. The Kier molecular flexibility index (Phi) is 5.20. The predicted molar refractivity (Wildman–Crippen MR) is 69.8 cm³/mol. The van der Waals surface area contributed by atoms with Crippen molar-refractivity contribution in [2.75, 3.05) is 6.61 Å². The minimum Gasteiger partial charge on any atom is -0.481 e. The van der Waals surface area contributed by atoms with E-state index in [9.17, 15) is 15.0 Å². The maximum Gasteiger partial charge on any atom is 0.307 e. The quantitative estimate of drug-likeness (QED) is 0.781. The van der Waals surface area contributed by atoms with Crippen molar-refractivity contribution in [2.45, 2.75) is 48.5 Å². The molecule has 3 nitrogen and oxygen atoms in total. The summed E-state index contributed by atoms with van der Waals surface area (Å²) in [5.74, 6) is -1.33. The highest BCUT2D eigenvalue weighted by atomic mass is 16.4. The lowest BCUT2D eigenvalue weighted by molar-refractivity contribution is -0.155. The number of rotatable bonds is 5. The molecule has 3 heteroatoms. The molecule has 2 N–H and O–H groups in total. The molecular weight excluding hydrogens is 216 g/mol. The number of carbonyl (C=O) groups is 1. The van der Waals surface area contributed by atoms with Crippen LogP contribution in [0, 0.1) is 28.6 Å². The Morgan fingerprint density at radius 2 is 1.53 bits per heavy atom. The van der Waals surface area contributed by atoms with Crippen LogP contribution in [0.2, 0.25) is 0 Å². The monoisotopic (exact) mass is 244 g/mol. The van der Waals surface area contributed by atoms with E-state index < -0.39 is 11.9 Å². The Hall–Kier alpha value is -0.570. The van der Waals surface area contributed by atoms with Gasteiger partial charge in [0, 0.05) is 12.5 Å². The van der Waals surface area contributed by atoms with E-state index in [0.717, 1.165) is 0 Å². The van der Waals surface area contributed by atoms with Gasteiger partial charge in [0.05, 0.1) is 5.92 Å². The van der Waals surface area contributed by atoms with E-state index in [1.165, 1.54) is 0 Å². The molecule has 2 unspecified atom stereocenters. The van der Waals surface area contributed by atoms with Gasteiger partial charge in [-0.05, 0) is 16.7 Å². The molecule has 0 aliphatic rings. The molecule has 0 aromatic heterocycles. The summed E-state index contributed by atoms with van der Waals surface area (Å²) in [5.41, 5.74) is -0.559. The van der Waals surface area contributed by atoms with Gasteiger partial charge < -0.3 is 10.2 Å². The van der Waals surface area contributed by atoms with Crippen LogP contribution < -0.4 is 0 Å². The first kappa shape index (κ1) is 16.4. The van der Waals surface area contributed by atoms with E-state index in [4.69, 9.17) is 0 Å². The summed E-state index contributed by atoms with van der Waals surface area (Å²) in [6.45, 7) is 13.9. The van der Waals surface area contributed by atoms with Crippen LogP contribution in [0.5, 0.6) is 0 Å². The number of carboxylic acids is 1. The summed E-state index contributed by atoms with van der Waals surface area (Å²) >= 11 is 0. The van der Waals surface area contributed by atoms with Crippen LogP contribution >= 0.6 is 0 Å². The largest absolute Gasteiger partial charge is 0.481 e. The van der Waals surface area contributed by atoms with E-state index >= 15 is 0 Å². The van der Waals surface area contributed by atoms with Gasteiger partial charge in [-0.3, -0.25) is 4.79 Å². The van der Waals surface area contributed by atoms with Crippen molar-refractivity contribution in [1.82, 2.24) is 0 Å². The smallest absolute Gasteiger partial charge is 0.307 e. The number of hydrogen-bond acceptors (Lipinski definition) is 2. The van der Waals surface area contributed by atoms with Crippen LogP contribution in [0.15, 0.2) is 0 Å². The third-order valence-corrected chi connectivity index (χ3v) is 4.27. The predicted octanol–water partition coefficient (Wildman–Crippen LogP) is 3.02. The van der Waals surface area contributed by atoms with Gasteiger partial charge in [-0.15, -0.1) is 0 Å². The van der Waals surface area contributed by atoms with Crippen LogP contribution in [0.3, 0.4) is 0 Å². The van der Waals surface area contributed by atoms with Gasteiger partial charge in [0.25, 0.3) is 0 Å². The Morgan fingerprint density at radius 3 is 1.71 bits per heavy atom. The maximum atomic E-state index is 11.6. The van der Waals surface area contributed by atoms with Crippen molar-refractivity contribution in [3.05, 3.63) is 0 Å². The SMILES string of the molecule is CC(C)C(C)(C)C(C(=O)O)C(CO)C(C)(C)C. The number of aliphatic carboxylic acids is 1. The lowest BCUT2D eigenvalue weighted by Gasteiger charge is -2.44. The van der Waals surface area contributed by atoms with E-state index in [1.54, 1.807) is 0 Å². The van der Waals surface area contributed by atoms with Crippen LogP contribution in [-0.4, -0.2) is 22.8 Å². The Balaban J connectivity index is 5.44. The number of aliphatic hydroxyl groups excluding tert-OH is 1. The second-order valence-electron chi connectivity index (χ2n) is 6.95. The summed E-state index contributed by atoms with van der Waals surface area (Å²) in [7, 11) is 0. The Morgan fingerprint density at radius 1 is 1.12 bits per heavy atom. The zero-order valence-electron chi connectivity index (χ0n) is 12.2. The van der Waals surface area contributed by atoms with Crippen LogP contribution in [0.1, 0.15) is 48.5 Å². The molecule has 0 saturated heterocycles. The van der Waals surface area contributed by atoms with E-state index in [2.05, 4.69) is 0 Å². The zero-order chi connectivity index (χ0) is 14.0.